The van der Waals surface area contributed by atoms with E-state index in [9.17, 15) is 9.59 Å². The number of hydrogen-bond acceptors (Lipinski definition) is 5. The van der Waals surface area contributed by atoms with Crippen LogP contribution in [0, 0.1) is 12.8 Å². The van der Waals surface area contributed by atoms with Gasteiger partial charge in [-0.3, -0.25) is 14.5 Å². The minimum atomic E-state index is -0.0447. The van der Waals surface area contributed by atoms with Crippen molar-refractivity contribution >= 4 is 17.6 Å². The number of aryl methyl sites for hydroxylation is 1. The molecule has 0 spiro atoms. The number of anilines is 1. The Labute approximate surface area is 171 Å². The molecule has 2 aromatic rings. The summed E-state index contributed by atoms with van der Waals surface area (Å²) in [6, 6.07) is 13.3. The molecule has 7 nitrogen and oxygen atoms in total. The average molecular weight is 396 g/mol. The van der Waals surface area contributed by atoms with Gasteiger partial charge < -0.3 is 15.4 Å². The van der Waals surface area contributed by atoms with E-state index in [1.807, 2.05) is 49.4 Å². The number of nitrogens with one attached hydrogen (secondary N) is 2. The van der Waals surface area contributed by atoms with Crippen molar-refractivity contribution in [2.75, 3.05) is 38.1 Å². The Morgan fingerprint density at radius 3 is 2.59 bits per heavy atom. The van der Waals surface area contributed by atoms with Crippen LogP contribution in [0.25, 0.3) is 0 Å². The van der Waals surface area contributed by atoms with Crippen LogP contribution in [0.4, 0.5) is 5.82 Å². The molecule has 1 aliphatic heterocycles. The largest absolute Gasteiger partial charge is 0.492 e. The monoisotopic (exact) mass is 396 g/mol. The first kappa shape index (κ1) is 20.8. The van der Waals surface area contributed by atoms with Gasteiger partial charge >= 0.3 is 0 Å². The fourth-order valence-electron chi connectivity index (χ4n) is 3.26. The normalized spacial score (nSPS) is 14.9. The Morgan fingerprint density at radius 2 is 1.90 bits per heavy atom. The Kier molecular flexibility index (Phi) is 7.58. The molecule has 29 heavy (non-hydrogen) atoms. The number of benzene rings is 1. The quantitative estimate of drug-likeness (QED) is 0.669. The first-order chi connectivity index (χ1) is 14.1. The van der Waals surface area contributed by atoms with Gasteiger partial charge in [0, 0.05) is 12.1 Å². The molecule has 2 heterocycles. The van der Waals surface area contributed by atoms with Crippen molar-refractivity contribution in [1.82, 2.24) is 15.2 Å². The number of likely N-dealkylation sites (tertiary alicyclic amines) is 1. The summed E-state index contributed by atoms with van der Waals surface area (Å²) in [5.41, 5.74) is 1.06. The van der Waals surface area contributed by atoms with E-state index in [0.717, 1.165) is 37.2 Å². The highest BCUT2D eigenvalue weighted by atomic mass is 16.5. The van der Waals surface area contributed by atoms with E-state index < -0.39 is 0 Å². The number of pyridine rings is 1. The molecule has 7 heteroatoms. The molecule has 0 radical (unpaired) electrons. The van der Waals surface area contributed by atoms with Crippen molar-refractivity contribution in [3.8, 4) is 5.75 Å². The minimum absolute atomic E-state index is 0.00325. The van der Waals surface area contributed by atoms with Crippen LogP contribution in [-0.4, -0.2) is 54.5 Å². The van der Waals surface area contributed by atoms with Gasteiger partial charge in [0.1, 0.15) is 18.2 Å². The van der Waals surface area contributed by atoms with Crippen molar-refractivity contribution in [3.63, 3.8) is 0 Å². The van der Waals surface area contributed by atoms with Crippen LogP contribution in [-0.2, 0) is 9.59 Å². The summed E-state index contributed by atoms with van der Waals surface area (Å²) < 4.78 is 5.56. The highest BCUT2D eigenvalue weighted by Crippen LogP contribution is 2.19. The maximum absolute atomic E-state index is 12.4. The number of amides is 2. The third-order valence-corrected chi connectivity index (χ3v) is 4.92. The number of nitrogens with zero attached hydrogens (tertiary/aromatic N) is 2. The molecule has 3 rings (SSSR count). The molecule has 0 aliphatic carbocycles. The maximum atomic E-state index is 12.4. The summed E-state index contributed by atoms with van der Waals surface area (Å²) in [6.07, 6.45) is 3.21. The van der Waals surface area contributed by atoms with Gasteiger partial charge in [-0.15, -0.1) is 0 Å². The lowest BCUT2D eigenvalue weighted by molar-refractivity contribution is -0.123. The first-order valence-electron chi connectivity index (χ1n) is 10.0. The standard InChI is InChI=1S/C22H28N4O3/c1-17-7-8-20(24-15-17)25-22(28)18-9-12-26(13-10-18)16-21(27)23-11-14-29-19-5-3-2-4-6-19/h2-8,15,18H,9-14,16H2,1H3,(H,23,27)(H,24,25,28). The number of ether oxygens (including phenoxy) is 1. The van der Waals surface area contributed by atoms with Gasteiger partial charge in [-0.05, 0) is 56.6 Å². The van der Waals surface area contributed by atoms with Crippen LogP contribution >= 0.6 is 0 Å². The Balaban J connectivity index is 1.31. The highest BCUT2D eigenvalue weighted by Gasteiger charge is 2.26. The van der Waals surface area contributed by atoms with E-state index in [1.54, 1.807) is 6.20 Å². The Morgan fingerprint density at radius 1 is 1.14 bits per heavy atom. The van der Waals surface area contributed by atoms with E-state index in [-0.39, 0.29) is 17.7 Å². The van der Waals surface area contributed by atoms with Crippen LogP contribution in [0.15, 0.2) is 48.7 Å². The van der Waals surface area contributed by atoms with Crippen molar-refractivity contribution < 1.29 is 14.3 Å². The molecular formula is C22H28N4O3. The lowest BCUT2D eigenvalue weighted by Gasteiger charge is -2.30. The van der Waals surface area contributed by atoms with Crippen LogP contribution in [0.3, 0.4) is 0 Å². The third kappa shape index (κ3) is 6.87. The number of carbonyl (C=O) groups excluding carboxylic acids is 2. The lowest BCUT2D eigenvalue weighted by atomic mass is 9.96. The summed E-state index contributed by atoms with van der Waals surface area (Å²) in [5, 5.41) is 5.76. The number of para-hydroxylation sites is 1. The van der Waals surface area contributed by atoms with Crippen molar-refractivity contribution in [2.45, 2.75) is 19.8 Å². The number of piperidine rings is 1. The molecule has 1 aromatic carbocycles. The molecule has 2 amide bonds. The number of carbonyl (C=O) groups is 2. The third-order valence-electron chi connectivity index (χ3n) is 4.92. The highest BCUT2D eigenvalue weighted by molar-refractivity contribution is 5.91. The SMILES string of the molecule is Cc1ccc(NC(=O)C2CCN(CC(=O)NCCOc3ccccc3)CC2)nc1. The predicted molar refractivity (Wildman–Crippen MR) is 112 cm³/mol. The summed E-state index contributed by atoms with van der Waals surface area (Å²) >= 11 is 0. The van der Waals surface area contributed by atoms with E-state index >= 15 is 0 Å². The second-order valence-corrected chi connectivity index (χ2v) is 7.27. The zero-order valence-electron chi connectivity index (χ0n) is 16.8. The van der Waals surface area contributed by atoms with E-state index in [4.69, 9.17) is 4.74 Å². The smallest absolute Gasteiger partial charge is 0.234 e. The molecule has 1 aromatic heterocycles. The maximum Gasteiger partial charge on any atom is 0.234 e. The molecule has 1 fully saturated rings. The summed E-state index contributed by atoms with van der Waals surface area (Å²) in [7, 11) is 0. The molecular weight excluding hydrogens is 368 g/mol. The molecule has 0 saturated carbocycles. The van der Waals surface area contributed by atoms with Gasteiger partial charge in [0.15, 0.2) is 0 Å². The first-order valence-corrected chi connectivity index (χ1v) is 10.0. The molecule has 1 aliphatic rings. The lowest BCUT2D eigenvalue weighted by Crippen LogP contribution is -2.44. The Bertz CT molecular complexity index is 787. The molecule has 0 unspecified atom stereocenters. The predicted octanol–water partition coefficient (Wildman–Crippen LogP) is 2.24. The summed E-state index contributed by atoms with van der Waals surface area (Å²) in [5.74, 6) is 1.32. The van der Waals surface area contributed by atoms with Crippen molar-refractivity contribution in [3.05, 3.63) is 54.2 Å². The van der Waals surface area contributed by atoms with Crippen LogP contribution in [0.2, 0.25) is 0 Å². The van der Waals surface area contributed by atoms with Gasteiger partial charge in [0.2, 0.25) is 11.8 Å². The van der Waals surface area contributed by atoms with Gasteiger partial charge in [-0.2, -0.15) is 0 Å². The van der Waals surface area contributed by atoms with Crippen LogP contribution in [0.5, 0.6) is 5.75 Å². The van der Waals surface area contributed by atoms with Gasteiger partial charge in [0.25, 0.3) is 0 Å². The second kappa shape index (κ2) is 10.6. The zero-order valence-corrected chi connectivity index (χ0v) is 16.8. The number of rotatable bonds is 8. The van der Waals surface area contributed by atoms with E-state index in [2.05, 4.69) is 20.5 Å². The molecule has 2 N–H and O–H groups in total. The average Bonchev–Trinajstić information content (AvgIpc) is 2.74. The van der Waals surface area contributed by atoms with Gasteiger partial charge in [-0.1, -0.05) is 24.3 Å². The van der Waals surface area contributed by atoms with Gasteiger partial charge in [0.05, 0.1) is 13.1 Å². The minimum Gasteiger partial charge on any atom is -0.492 e. The van der Waals surface area contributed by atoms with Crippen LogP contribution in [0.1, 0.15) is 18.4 Å². The summed E-state index contributed by atoms with van der Waals surface area (Å²) in [4.78, 5) is 30.8. The van der Waals surface area contributed by atoms with Crippen LogP contribution < -0.4 is 15.4 Å². The van der Waals surface area contributed by atoms with Gasteiger partial charge in [-0.25, -0.2) is 4.98 Å². The topological polar surface area (TPSA) is 83.6 Å². The van der Waals surface area contributed by atoms with E-state index in [1.165, 1.54) is 0 Å². The Hall–Kier alpha value is -2.93. The second-order valence-electron chi connectivity index (χ2n) is 7.27. The fourth-order valence-corrected chi connectivity index (χ4v) is 3.26. The van der Waals surface area contributed by atoms with Crippen molar-refractivity contribution in [2.24, 2.45) is 5.92 Å². The molecule has 0 atom stereocenters. The van der Waals surface area contributed by atoms with Crippen molar-refractivity contribution in [1.29, 1.82) is 0 Å². The fraction of sp³-hybridized carbons (Fsp3) is 0.409. The number of hydrogen-bond donors (Lipinski definition) is 2. The molecule has 0 bridgehead atoms. The number of aromatic nitrogens is 1. The zero-order chi connectivity index (χ0) is 20.5. The molecule has 154 valence electrons. The molecule has 1 saturated heterocycles. The summed E-state index contributed by atoms with van der Waals surface area (Å²) in [6.45, 7) is 4.67. The van der Waals surface area contributed by atoms with E-state index in [0.29, 0.717) is 25.5 Å².